The number of benzene rings is 1. The topological polar surface area (TPSA) is 35.9 Å². The Morgan fingerprint density at radius 3 is 2.71 bits per heavy atom. The third kappa shape index (κ3) is 1.91. The zero-order valence-corrected chi connectivity index (χ0v) is 12.0. The Hall–Kier alpha value is -1.75. The van der Waals surface area contributed by atoms with Crippen molar-refractivity contribution >= 4 is 11.6 Å². The first-order chi connectivity index (χ1) is 10.1. The van der Waals surface area contributed by atoms with E-state index in [0.717, 1.165) is 37.2 Å². The van der Waals surface area contributed by atoms with Crippen LogP contribution in [0, 0.1) is 11.7 Å². The minimum atomic E-state index is -0.263. The normalized spacial score (nSPS) is 33.8. The number of fused-ring (bicyclic) bond motifs is 2. The second-order valence-electron chi connectivity index (χ2n) is 6.14. The highest BCUT2D eigenvalue weighted by atomic mass is 19.1. The van der Waals surface area contributed by atoms with Crippen molar-refractivity contribution in [1.29, 1.82) is 0 Å². The maximum Gasteiger partial charge on any atom is 0.240 e. The van der Waals surface area contributed by atoms with E-state index in [1.54, 1.807) is 11.1 Å². The highest BCUT2D eigenvalue weighted by Crippen LogP contribution is 2.43. The van der Waals surface area contributed by atoms with Crippen molar-refractivity contribution in [1.82, 2.24) is 9.91 Å². The fourth-order valence-electron chi connectivity index (χ4n) is 4.00. The molecular formula is C16H18FN3O. The number of amides is 1. The van der Waals surface area contributed by atoms with Crippen LogP contribution < -0.4 is 0 Å². The van der Waals surface area contributed by atoms with Crippen LogP contribution in [0.3, 0.4) is 0 Å². The van der Waals surface area contributed by atoms with Gasteiger partial charge in [-0.05, 0) is 43.6 Å². The van der Waals surface area contributed by atoms with E-state index in [4.69, 9.17) is 0 Å². The lowest BCUT2D eigenvalue weighted by atomic mass is 9.78. The smallest absolute Gasteiger partial charge is 0.240 e. The van der Waals surface area contributed by atoms with Gasteiger partial charge >= 0.3 is 0 Å². The van der Waals surface area contributed by atoms with Gasteiger partial charge in [0.1, 0.15) is 11.9 Å². The van der Waals surface area contributed by atoms with E-state index in [0.29, 0.717) is 5.92 Å². The molecule has 0 saturated carbocycles. The van der Waals surface area contributed by atoms with Gasteiger partial charge in [0.2, 0.25) is 5.91 Å². The maximum atomic E-state index is 13.6. The lowest BCUT2D eigenvalue weighted by Crippen LogP contribution is -2.56. The fraction of sp³-hybridized carbons (Fsp3) is 0.500. The van der Waals surface area contributed by atoms with Gasteiger partial charge in [-0.3, -0.25) is 9.69 Å². The molecule has 1 aromatic carbocycles. The molecular weight excluding hydrogens is 269 g/mol. The quantitative estimate of drug-likeness (QED) is 0.793. The molecule has 4 aliphatic heterocycles. The molecule has 0 aromatic heterocycles. The molecule has 4 nitrogen and oxygen atoms in total. The standard InChI is InChI=1S/C16H18FN3O/c1-10(21)20-15(12-3-2-4-13(17)9-12)16-14(18-20)11-5-7-19(16)8-6-11/h2-4,9,11,15-16H,5-8H2,1H3. The molecule has 0 radical (unpaired) electrons. The van der Waals surface area contributed by atoms with E-state index in [-0.39, 0.29) is 23.8 Å². The van der Waals surface area contributed by atoms with Crippen molar-refractivity contribution < 1.29 is 9.18 Å². The number of rotatable bonds is 1. The summed E-state index contributed by atoms with van der Waals surface area (Å²) in [7, 11) is 0. The van der Waals surface area contributed by atoms with Crippen molar-refractivity contribution in [3.63, 3.8) is 0 Å². The molecule has 4 aliphatic rings. The van der Waals surface area contributed by atoms with E-state index >= 15 is 0 Å². The lowest BCUT2D eigenvalue weighted by Gasteiger charge is -2.46. The van der Waals surface area contributed by atoms with Gasteiger partial charge in [0.25, 0.3) is 0 Å². The Morgan fingerprint density at radius 1 is 1.29 bits per heavy atom. The number of piperidine rings is 3. The lowest BCUT2D eigenvalue weighted by molar-refractivity contribution is -0.131. The monoisotopic (exact) mass is 287 g/mol. The number of nitrogens with zero attached hydrogens (tertiary/aromatic N) is 3. The van der Waals surface area contributed by atoms with Gasteiger partial charge < -0.3 is 0 Å². The number of hydrogen-bond acceptors (Lipinski definition) is 3. The third-order valence-electron chi connectivity index (χ3n) is 4.94. The number of carbonyl (C=O) groups excluding carboxylic acids is 1. The average Bonchev–Trinajstić information content (AvgIpc) is 2.91. The van der Waals surface area contributed by atoms with Crippen molar-refractivity contribution in [3.05, 3.63) is 35.6 Å². The molecule has 3 fully saturated rings. The van der Waals surface area contributed by atoms with Crippen LogP contribution in [-0.2, 0) is 4.79 Å². The van der Waals surface area contributed by atoms with Gasteiger partial charge in [-0.15, -0.1) is 0 Å². The Balaban J connectivity index is 1.79. The number of carbonyl (C=O) groups is 1. The largest absolute Gasteiger partial charge is 0.293 e. The summed E-state index contributed by atoms with van der Waals surface area (Å²) in [5.74, 6) is 0.146. The molecule has 5 rings (SSSR count). The van der Waals surface area contributed by atoms with Crippen LogP contribution in [0.25, 0.3) is 0 Å². The summed E-state index contributed by atoms with van der Waals surface area (Å²) in [6, 6.07) is 6.51. The van der Waals surface area contributed by atoms with Crippen LogP contribution in [0.4, 0.5) is 4.39 Å². The third-order valence-corrected chi connectivity index (χ3v) is 4.94. The molecule has 21 heavy (non-hydrogen) atoms. The Morgan fingerprint density at radius 2 is 2.05 bits per heavy atom. The average molecular weight is 287 g/mol. The molecule has 2 bridgehead atoms. The van der Waals surface area contributed by atoms with Crippen LogP contribution in [0.2, 0.25) is 0 Å². The van der Waals surface area contributed by atoms with Crippen LogP contribution in [0.5, 0.6) is 0 Å². The van der Waals surface area contributed by atoms with Gasteiger partial charge in [0, 0.05) is 12.8 Å². The molecule has 110 valence electrons. The van der Waals surface area contributed by atoms with Gasteiger partial charge in [-0.2, -0.15) is 5.10 Å². The summed E-state index contributed by atoms with van der Waals surface area (Å²) in [5, 5.41) is 6.18. The molecule has 0 N–H and O–H groups in total. The summed E-state index contributed by atoms with van der Waals surface area (Å²) in [4.78, 5) is 14.4. The molecule has 2 atom stereocenters. The van der Waals surface area contributed by atoms with Crippen LogP contribution in [0.1, 0.15) is 31.4 Å². The van der Waals surface area contributed by atoms with E-state index < -0.39 is 0 Å². The molecule has 1 aromatic rings. The zero-order valence-electron chi connectivity index (χ0n) is 12.0. The predicted octanol–water partition coefficient (Wildman–Crippen LogP) is 2.18. The fourth-order valence-corrected chi connectivity index (χ4v) is 4.00. The Labute approximate surface area is 123 Å². The molecule has 2 unspecified atom stereocenters. The molecule has 4 heterocycles. The SMILES string of the molecule is CC(=O)N1N=C2C3CCN(CC3)C2C1c1cccc(F)c1. The first-order valence-corrected chi connectivity index (χ1v) is 7.53. The van der Waals surface area contributed by atoms with E-state index in [1.807, 2.05) is 6.07 Å². The van der Waals surface area contributed by atoms with Crippen molar-refractivity contribution in [2.24, 2.45) is 11.0 Å². The number of hydrogen-bond donors (Lipinski definition) is 0. The first-order valence-electron chi connectivity index (χ1n) is 7.53. The van der Waals surface area contributed by atoms with Crippen molar-refractivity contribution in [3.8, 4) is 0 Å². The van der Waals surface area contributed by atoms with Gasteiger partial charge in [0.15, 0.2) is 0 Å². The zero-order chi connectivity index (χ0) is 14.6. The number of halogens is 1. The molecule has 5 heteroatoms. The van der Waals surface area contributed by atoms with Gasteiger partial charge in [0.05, 0.1) is 11.8 Å². The van der Waals surface area contributed by atoms with Crippen molar-refractivity contribution in [2.45, 2.75) is 31.8 Å². The summed E-state index contributed by atoms with van der Waals surface area (Å²) >= 11 is 0. The van der Waals surface area contributed by atoms with E-state index in [9.17, 15) is 9.18 Å². The second-order valence-corrected chi connectivity index (χ2v) is 6.14. The summed E-state index contributed by atoms with van der Waals surface area (Å²) in [5.41, 5.74) is 1.96. The first kappa shape index (κ1) is 13.0. The molecule has 0 aliphatic carbocycles. The summed E-state index contributed by atoms with van der Waals surface area (Å²) in [6.07, 6.45) is 2.24. The van der Waals surface area contributed by atoms with E-state index in [2.05, 4.69) is 10.0 Å². The van der Waals surface area contributed by atoms with Gasteiger partial charge in [-0.1, -0.05) is 12.1 Å². The predicted molar refractivity (Wildman–Crippen MR) is 77.2 cm³/mol. The maximum absolute atomic E-state index is 13.6. The summed E-state index contributed by atoms with van der Waals surface area (Å²) < 4.78 is 13.6. The van der Waals surface area contributed by atoms with Gasteiger partial charge in [-0.25, -0.2) is 9.40 Å². The van der Waals surface area contributed by atoms with Crippen LogP contribution in [-0.4, -0.2) is 40.7 Å². The molecule has 1 amide bonds. The number of hydrazone groups is 1. The Bertz CT molecular complexity index is 622. The van der Waals surface area contributed by atoms with Crippen molar-refractivity contribution in [2.75, 3.05) is 13.1 Å². The summed E-state index contributed by atoms with van der Waals surface area (Å²) in [6.45, 7) is 3.63. The molecule has 3 saturated heterocycles. The highest BCUT2D eigenvalue weighted by Gasteiger charge is 2.50. The van der Waals surface area contributed by atoms with E-state index in [1.165, 1.54) is 19.1 Å². The Kier molecular flexibility index (Phi) is 2.85. The second kappa shape index (κ2) is 4.63. The molecule has 0 spiro atoms. The minimum absolute atomic E-state index is 0.0771. The van der Waals surface area contributed by atoms with Crippen LogP contribution >= 0.6 is 0 Å². The minimum Gasteiger partial charge on any atom is -0.293 e. The van der Waals surface area contributed by atoms with Crippen LogP contribution in [0.15, 0.2) is 29.4 Å². The highest BCUT2D eigenvalue weighted by molar-refractivity contribution is 5.97.